The third-order valence-electron chi connectivity index (χ3n) is 1.73. The van der Waals surface area contributed by atoms with Crippen LogP contribution in [0.2, 0.25) is 0 Å². The van der Waals surface area contributed by atoms with Crippen molar-refractivity contribution in [3.63, 3.8) is 0 Å². The van der Waals surface area contributed by atoms with Gasteiger partial charge >= 0.3 is 5.97 Å². The molecule has 0 aromatic carbocycles. The number of hydrogen-bond acceptors (Lipinski definition) is 4. The molecule has 5 heteroatoms. The van der Waals surface area contributed by atoms with Gasteiger partial charge in [0.15, 0.2) is 17.2 Å². The topological polar surface area (TPSA) is 68.7 Å². The molecule has 0 atom stereocenters. The van der Waals surface area contributed by atoms with Crippen LogP contribution in [0.3, 0.4) is 0 Å². The van der Waals surface area contributed by atoms with Crippen molar-refractivity contribution in [1.82, 2.24) is 4.98 Å². The molecule has 1 N–H and O–H groups in total. The molecule has 0 amide bonds. The standard InChI is InChI=1S/C10H13NO4/c1-3-4-15-9-6-11-7(10(12)13)5-8(9)14-2/h5-6H,3-4H2,1-2H3,(H,12,13). The molecule has 1 aromatic rings. The van der Waals surface area contributed by atoms with E-state index in [9.17, 15) is 4.79 Å². The fraction of sp³-hybridized carbons (Fsp3) is 0.400. The molecule has 0 aliphatic heterocycles. The van der Waals surface area contributed by atoms with Crippen molar-refractivity contribution in [3.8, 4) is 11.5 Å². The van der Waals surface area contributed by atoms with E-state index < -0.39 is 5.97 Å². The van der Waals surface area contributed by atoms with Crippen molar-refractivity contribution in [2.24, 2.45) is 0 Å². The summed E-state index contributed by atoms with van der Waals surface area (Å²) in [6.07, 6.45) is 2.22. The third kappa shape index (κ3) is 2.83. The van der Waals surface area contributed by atoms with Crippen molar-refractivity contribution in [1.29, 1.82) is 0 Å². The molecule has 0 radical (unpaired) electrons. The predicted molar refractivity (Wildman–Crippen MR) is 53.5 cm³/mol. The Morgan fingerprint density at radius 3 is 2.80 bits per heavy atom. The van der Waals surface area contributed by atoms with Gasteiger partial charge in [0.1, 0.15) is 0 Å². The molecule has 1 rings (SSSR count). The van der Waals surface area contributed by atoms with E-state index in [0.717, 1.165) is 6.42 Å². The summed E-state index contributed by atoms with van der Waals surface area (Å²) in [4.78, 5) is 14.4. The summed E-state index contributed by atoms with van der Waals surface area (Å²) in [6, 6.07) is 1.34. The highest BCUT2D eigenvalue weighted by Crippen LogP contribution is 2.26. The summed E-state index contributed by atoms with van der Waals surface area (Å²) in [5.74, 6) is -0.240. The SMILES string of the molecule is CCCOc1cnc(C(=O)O)cc1OC. The zero-order valence-electron chi connectivity index (χ0n) is 8.69. The predicted octanol–water partition coefficient (Wildman–Crippen LogP) is 1.58. The van der Waals surface area contributed by atoms with Gasteiger partial charge in [0, 0.05) is 6.07 Å². The Bertz CT molecular complexity index is 351. The Morgan fingerprint density at radius 2 is 2.27 bits per heavy atom. The van der Waals surface area contributed by atoms with Crippen molar-refractivity contribution in [3.05, 3.63) is 18.0 Å². The average Bonchev–Trinajstić information content (AvgIpc) is 2.25. The van der Waals surface area contributed by atoms with E-state index in [0.29, 0.717) is 18.1 Å². The molecule has 82 valence electrons. The maximum Gasteiger partial charge on any atom is 0.354 e. The maximum atomic E-state index is 10.6. The minimum absolute atomic E-state index is 0.0595. The first-order valence-corrected chi connectivity index (χ1v) is 4.59. The van der Waals surface area contributed by atoms with E-state index in [-0.39, 0.29) is 5.69 Å². The van der Waals surface area contributed by atoms with E-state index in [1.807, 2.05) is 6.92 Å². The fourth-order valence-electron chi connectivity index (χ4n) is 1.02. The molecule has 0 aliphatic carbocycles. The summed E-state index contributed by atoms with van der Waals surface area (Å²) in [7, 11) is 1.46. The number of rotatable bonds is 5. The number of hydrogen-bond donors (Lipinski definition) is 1. The molecule has 0 bridgehead atoms. The molecule has 5 nitrogen and oxygen atoms in total. The van der Waals surface area contributed by atoms with Crippen LogP contribution in [0, 0.1) is 0 Å². The van der Waals surface area contributed by atoms with Crippen molar-refractivity contribution < 1.29 is 19.4 Å². The fourth-order valence-corrected chi connectivity index (χ4v) is 1.02. The van der Waals surface area contributed by atoms with Gasteiger partial charge < -0.3 is 14.6 Å². The molecule has 0 spiro atoms. The van der Waals surface area contributed by atoms with Gasteiger partial charge in [0.05, 0.1) is 19.9 Å². The number of aromatic nitrogens is 1. The van der Waals surface area contributed by atoms with Gasteiger partial charge in [-0.05, 0) is 6.42 Å². The van der Waals surface area contributed by atoms with Crippen LogP contribution in [-0.2, 0) is 0 Å². The summed E-state index contributed by atoms with van der Waals surface area (Å²) >= 11 is 0. The van der Waals surface area contributed by atoms with Gasteiger partial charge in [-0.15, -0.1) is 0 Å². The van der Waals surface area contributed by atoms with Crippen LogP contribution in [-0.4, -0.2) is 29.8 Å². The van der Waals surface area contributed by atoms with Gasteiger partial charge in [-0.1, -0.05) is 6.92 Å². The monoisotopic (exact) mass is 211 g/mol. The second-order valence-electron chi connectivity index (χ2n) is 2.87. The minimum atomic E-state index is -1.09. The van der Waals surface area contributed by atoms with E-state index in [1.165, 1.54) is 19.4 Å². The molecule has 0 saturated carbocycles. The zero-order valence-corrected chi connectivity index (χ0v) is 8.69. The van der Waals surface area contributed by atoms with Crippen LogP contribution < -0.4 is 9.47 Å². The summed E-state index contributed by atoms with van der Waals surface area (Å²) in [5, 5.41) is 8.71. The normalized spacial score (nSPS) is 9.73. The highest BCUT2D eigenvalue weighted by atomic mass is 16.5. The van der Waals surface area contributed by atoms with Gasteiger partial charge in [-0.3, -0.25) is 0 Å². The first-order chi connectivity index (χ1) is 7.19. The third-order valence-corrected chi connectivity index (χ3v) is 1.73. The van der Waals surface area contributed by atoms with Crippen molar-refractivity contribution >= 4 is 5.97 Å². The van der Waals surface area contributed by atoms with Gasteiger partial charge in [0.2, 0.25) is 0 Å². The lowest BCUT2D eigenvalue weighted by molar-refractivity contribution is 0.0690. The summed E-state index contributed by atoms with van der Waals surface area (Å²) in [5.41, 5.74) is -0.0595. The lowest BCUT2D eigenvalue weighted by atomic mass is 10.3. The lowest BCUT2D eigenvalue weighted by Gasteiger charge is -2.09. The smallest absolute Gasteiger partial charge is 0.354 e. The summed E-state index contributed by atoms with van der Waals surface area (Å²) in [6.45, 7) is 2.52. The molecule has 0 unspecified atom stereocenters. The molecule has 0 aliphatic rings. The second kappa shape index (κ2) is 5.19. The quantitative estimate of drug-likeness (QED) is 0.800. The molecule has 1 aromatic heterocycles. The average molecular weight is 211 g/mol. The van der Waals surface area contributed by atoms with Crippen LogP contribution in [0.15, 0.2) is 12.3 Å². The van der Waals surface area contributed by atoms with E-state index in [1.54, 1.807) is 0 Å². The highest BCUT2D eigenvalue weighted by molar-refractivity contribution is 5.86. The molecular formula is C10H13NO4. The van der Waals surface area contributed by atoms with Crippen molar-refractivity contribution in [2.75, 3.05) is 13.7 Å². The number of pyridine rings is 1. The Labute approximate surface area is 87.7 Å². The van der Waals surface area contributed by atoms with E-state index in [2.05, 4.69) is 4.98 Å². The van der Waals surface area contributed by atoms with Gasteiger partial charge in [-0.2, -0.15) is 0 Å². The molecular weight excluding hydrogens is 198 g/mol. The molecule has 1 heterocycles. The van der Waals surface area contributed by atoms with E-state index >= 15 is 0 Å². The number of methoxy groups -OCH3 is 1. The van der Waals surface area contributed by atoms with Crippen molar-refractivity contribution in [2.45, 2.75) is 13.3 Å². The second-order valence-corrected chi connectivity index (χ2v) is 2.87. The Hall–Kier alpha value is -1.78. The maximum absolute atomic E-state index is 10.6. The number of aromatic carboxylic acids is 1. The van der Waals surface area contributed by atoms with Gasteiger partial charge in [0.25, 0.3) is 0 Å². The Balaban J connectivity index is 2.93. The number of nitrogens with zero attached hydrogens (tertiary/aromatic N) is 1. The number of carboxylic acid groups (broad SMARTS) is 1. The number of ether oxygens (including phenoxy) is 2. The minimum Gasteiger partial charge on any atom is -0.493 e. The zero-order chi connectivity index (χ0) is 11.3. The van der Waals surface area contributed by atoms with Crippen LogP contribution in [0.4, 0.5) is 0 Å². The highest BCUT2D eigenvalue weighted by Gasteiger charge is 2.10. The first-order valence-electron chi connectivity index (χ1n) is 4.59. The van der Waals surface area contributed by atoms with Crippen LogP contribution >= 0.6 is 0 Å². The van der Waals surface area contributed by atoms with Crippen LogP contribution in [0.5, 0.6) is 11.5 Å². The van der Waals surface area contributed by atoms with Crippen LogP contribution in [0.1, 0.15) is 23.8 Å². The summed E-state index contributed by atoms with van der Waals surface area (Å²) < 4.78 is 10.3. The van der Waals surface area contributed by atoms with E-state index in [4.69, 9.17) is 14.6 Å². The van der Waals surface area contributed by atoms with Gasteiger partial charge in [-0.25, -0.2) is 9.78 Å². The largest absolute Gasteiger partial charge is 0.493 e. The first kappa shape index (κ1) is 11.3. The number of carbonyl (C=O) groups is 1. The Kier molecular flexibility index (Phi) is 3.91. The lowest BCUT2D eigenvalue weighted by Crippen LogP contribution is -2.03. The van der Waals surface area contributed by atoms with Crippen LogP contribution in [0.25, 0.3) is 0 Å². The Morgan fingerprint density at radius 1 is 1.53 bits per heavy atom. The number of carboxylic acids is 1. The molecule has 0 fully saturated rings. The molecule has 0 saturated heterocycles. The molecule has 15 heavy (non-hydrogen) atoms.